The fraction of sp³-hybridized carbons (Fsp3) is 0.600. The van der Waals surface area contributed by atoms with E-state index in [0.29, 0.717) is 6.04 Å². The highest BCUT2D eigenvalue weighted by Gasteiger charge is 2.09. The largest absolute Gasteiger partial charge is 0.497 e. The number of methoxy groups -OCH3 is 1. The van der Waals surface area contributed by atoms with E-state index in [1.54, 1.807) is 7.11 Å². The second kappa shape index (κ2) is 8.44. The molecule has 1 aromatic rings. The molecule has 0 heterocycles. The van der Waals surface area contributed by atoms with Gasteiger partial charge in [-0.25, -0.2) is 0 Å². The maximum absolute atomic E-state index is 5.19. The first-order chi connectivity index (χ1) is 8.71. The maximum atomic E-state index is 5.19. The smallest absolute Gasteiger partial charge is 0.118 e. The summed E-state index contributed by atoms with van der Waals surface area (Å²) in [6, 6.07) is 8.81. The lowest BCUT2D eigenvalue weighted by Crippen LogP contribution is -2.23. The summed E-state index contributed by atoms with van der Waals surface area (Å²) in [6.45, 7) is 5.58. The number of rotatable bonds is 8. The first-order valence-electron chi connectivity index (χ1n) is 6.61. The fourth-order valence-corrected chi connectivity index (χ4v) is 2.27. The van der Waals surface area contributed by atoms with Crippen molar-refractivity contribution in [3.8, 4) is 5.75 Å². The van der Waals surface area contributed by atoms with Crippen LogP contribution in [0.15, 0.2) is 24.3 Å². The third-order valence-corrected chi connectivity index (χ3v) is 4.31. The number of hydrogen-bond acceptors (Lipinski definition) is 3. The summed E-state index contributed by atoms with van der Waals surface area (Å²) in [5.41, 5.74) is 1.34. The van der Waals surface area contributed by atoms with E-state index in [2.05, 4.69) is 37.6 Å². The van der Waals surface area contributed by atoms with Gasteiger partial charge in [-0.05, 0) is 43.3 Å². The Hall–Kier alpha value is -0.670. The van der Waals surface area contributed by atoms with E-state index in [9.17, 15) is 0 Å². The second-order valence-electron chi connectivity index (χ2n) is 4.52. The number of nitrogens with one attached hydrogen (secondary N) is 1. The minimum Gasteiger partial charge on any atom is -0.497 e. The zero-order valence-corrected chi connectivity index (χ0v) is 12.7. The quantitative estimate of drug-likeness (QED) is 0.772. The molecule has 2 atom stereocenters. The number of benzene rings is 1. The molecule has 2 nitrogen and oxygen atoms in total. The normalized spacial score (nSPS) is 14.2. The molecule has 0 bridgehead atoms. The molecule has 0 aromatic heterocycles. The van der Waals surface area contributed by atoms with Gasteiger partial charge in [0.25, 0.3) is 0 Å². The van der Waals surface area contributed by atoms with Crippen LogP contribution in [0.4, 0.5) is 0 Å². The van der Waals surface area contributed by atoms with E-state index in [1.165, 1.54) is 12.0 Å². The molecule has 0 spiro atoms. The Balaban J connectivity index is 2.49. The molecule has 1 rings (SSSR count). The number of thioether (sulfide) groups is 1. The van der Waals surface area contributed by atoms with Gasteiger partial charge in [-0.15, -0.1) is 0 Å². The SMILES string of the molecule is CCC(NCCC(C)SC)c1ccc(OC)cc1. The Morgan fingerprint density at radius 1 is 1.28 bits per heavy atom. The van der Waals surface area contributed by atoms with Crippen LogP contribution in [0.5, 0.6) is 5.75 Å². The molecule has 3 heteroatoms. The molecule has 0 aliphatic carbocycles. The average Bonchev–Trinajstić information content (AvgIpc) is 2.43. The van der Waals surface area contributed by atoms with Gasteiger partial charge < -0.3 is 10.1 Å². The first kappa shape index (κ1) is 15.4. The lowest BCUT2D eigenvalue weighted by molar-refractivity contribution is 0.414. The van der Waals surface area contributed by atoms with Crippen LogP contribution in [-0.4, -0.2) is 25.2 Å². The number of hydrogen-bond donors (Lipinski definition) is 1. The summed E-state index contributed by atoms with van der Waals surface area (Å²) in [7, 11) is 1.70. The summed E-state index contributed by atoms with van der Waals surface area (Å²) >= 11 is 1.93. The van der Waals surface area contributed by atoms with Crippen LogP contribution in [0.1, 0.15) is 38.3 Å². The highest BCUT2D eigenvalue weighted by molar-refractivity contribution is 7.99. The molecule has 18 heavy (non-hydrogen) atoms. The van der Waals surface area contributed by atoms with Crippen LogP contribution >= 0.6 is 11.8 Å². The first-order valence-corrected chi connectivity index (χ1v) is 7.90. The van der Waals surface area contributed by atoms with Gasteiger partial charge >= 0.3 is 0 Å². The van der Waals surface area contributed by atoms with Crippen LogP contribution in [0.25, 0.3) is 0 Å². The summed E-state index contributed by atoms with van der Waals surface area (Å²) in [5.74, 6) is 0.921. The van der Waals surface area contributed by atoms with Crippen molar-refractivity contribution in [2.45, 2.75) is 38.0 Å². The molecule has 0 fully saturated rings. The zero-order chi connectivity index (χ0) is 13.4. The summed E-state index contributed by atoms with van der Waals surface area (Å²) < 4.78 is 5.19. The van der Waals surface area contributed by atoms with Gasteiger partial charge in [0.05, 0.1) is 7.11 Å². The van der Waals surface area contributed by atoms with Crippen molar-refractivity contribution in [1.29, 1.82) is 0 Å². The van der Waals surface area contributed by atoms with E-state index < -0.39 is 0 Å². The van der Waals surface area contributed by atoms with Gasteiger partial charge in [0.15, 0.2) is 0 Å². The molecule has 0 aliphatic rings. The lowest BCUT2D eigenvalue weighted by atomic mass is 10.0. The lowest BCUT2D eigenvalue weighted by Gasteiger charge is -2.19. The Morgan fingerprint density at radius 3 is 2.44 bits per heavy atom. The van der Waals surface area contributed by atoms with Gasteiger partial charge in [-0.3, -0.25) is 0 Å². The highest BCUT2D eigenvalue weighted by Crippen LogP contribution is 2.20. The van der Waals surface area contributed by atoms with Crippen molar-refractivity contribution in [1.82, 2.24) is 5.32 Å². The fourth-order valence-electron chi connectivity index (χ4n) is 1.91. The standard InChI is InChI=1S/C15H25NOS/c1-5-15(16-11-10-12(2)18-4)13-6-8-14(17-3)9-7-13/h6-9,12,15-16H,5,10-11H2,1-4H3. The van der Waals surface area contributed by atoms with Crippen LogP contribution in [-0.2, 0) is 0 Å². The monoisotopic (exact) mass is 267 g/mol. The summed E-state index contributed by atoms with van der Waals surface area (Å²) in [4.78, 5) is 0. The predicted octanol–water partition coefficient (Wildman–Crippen LogP) is 3.88. The van der Waals surface area contributed by atoms with Crippen LogP contribution in [0, 0.1) is 0 Å². The highest BCUT2D eigenvalue weighted by atomic mass is 32.2. The molecule has 1 N–H and O–H groups in total. The Kier molecular flexibility index (Phi) is 7.21. The van der Waals surface area contributed by atoms with Crippen molar-refractivity contribution in [2.75, 3.05) is 19.9 Å². The van der Waals surface area contributed by atoms with Crippen molar-refractivity contribution < 1.29 is 4.74 Å². The van der Waals surface area contributed by atoms with Crippen LogP contribution < -0.4 is 10.1 Å². The molecular formula is C15H25NOS. The average molecular weight is 267 g/mol. The van der Waals surface area contributed by atoms with Gasteiger partial charge in [-0.2, -0.15) is 11.8 Å². The second-order valence-corrected chi connectivity index (χ2v) is 5.80. The van der Waals surface area contributed by atoms with Crippen LogP contribution in [0.3, 0.4) is 0 Å². The van der Waals surface area contributed by atoms with Gasteiger partial charge in [-0.1, -0.05) is 26.0 Å². The van der Waals surface area contributed by atoms with Crippen molar-refractivity contribution in [3.63, 3.8) is 0 Å². The number of ether oxygens (including phenoxy) is 1. The van der Waals surface area contributed by atoms with E-state index in [-0.39, 0.29) is 0 Å². The minimum absolute atomic E-state index is 0.449. The van der Waals surface area contributed by atoms with Gasteiger partial charge in [0.1, 0.15) is 5.75 Å². The zero-order valence-electron chi connectivity index (χ0n) is 11.9. The molecule has 2 unspecified atom stereocenters. The molecule has 0 aliphatic heterocycles. The van der Waals surface area contributed by atoms with E-state index in [0.717, 1.165) is 24.0 Å². The Bertz CT molecular complexity index is 326. The predicted molar refractivity (Wildman–Crippen MR) is 81.6 cm³/mol. The minimum atomic E-state index is 0.449. The van der Waals surface area contributed by atoms with Gasteiger partial charge in [0.2, 0.25) is 0 Å². The third kappa shape index (κ3) is 4.91. The van der Waals surface area contributed by atoms with Crippen LogP contribution in [0.2, 0.25) is 0 Å². The third-order valence-electron chi connectivity index (χ3n) is 3.27. The maximum Gasteiger partial charge on any atom is 0.118 e. The Morgan fingerprint density at radius 2 is 1.94 bits per heavy atom. The van der Waals surface area contributed by atoms with Gasteiger partial charge in [0, 0.05) is 11.3 Å². The van der Waals surface area contributed by atoms with E-state index >= 15 is 0 Å². The molecule has 0 saturated heterocycles. The summed E-state index contributed by atoms with van der Waals surface area (Å²) in [6.07, 6.45) is 4.50. The van der Waals surface area contributed by atoms with E-state index in [1.807, 2.05) is 23.9 Å². The molecule has 1 aromatic carbocycles. The molecule has 102 valence electrons. The molecule has 0 amide bonds. The van der Waals surface area contributed by atoms with E-state index in [4.69, 9.17) is 4.74 Å². The van der Waals surface area contributed by atoms with Crippen molar-refractivity contribution in [2.24, 2.45) is 0 Å². The molecule has 0 radical (unpaired) electrons. The van der Waals surface area contributed by atoms with Crippen molar-refractivity contribution >= 4 is 11.8 Å². The topological polar surface area (TPSA) is 21.3 Å². The molecular weight excluding hydrogens is 242 g/mol. The molecule has 0 saturated carbocycles. The Labute approximate surface area is 116 Å². The van der Waals surface area contributed by atoms with Crippen molar-refractivity contribution in [3.05, 3.63) is 29.8 Å². The summed E-state index contributed by atoms with van der Waals surface area (Å²) in [5, 5.41) is 4.36.